The van der Waals surface area contributed by atoms with Crippen LogP contribution in [0.1, 0.15) is 84.5 Å². The minimum absolute atomic E-state index is 0.125. The topological polar surface area (TPSA) is 307 Å². The van der Waals surface area contributed by atoms with Gasteiger partial charge in [-0.1, -0.05) is 77.4 Å². The Labute approximate surface area is 327 Å². The highest BCUT2D eigenvalue weighted by Crippen LogP contribution is 2.32. The molecule has 12 N–H and O–H groups in total. The third-order valence-corrected chi connectivity index (χ3v) is 10.4. The summed E-state index contributed by atoms with van der Waals surface area (Å²) in [5.74, 6) is -0.368. The first-order valence-electron chi connectivity index (χ1n) is 19.9. The van der Waals surface area contributed by atoms with Crippen molar-refractivity contribution in [1.29, 1.82) is 0 Å². The van der Waals surface area contributed by atoms with Gasteiger partial charge in [-0.25, -0.2) is 0 Å². The lowest BCUT2D eigenvalue weighted by atomic mass is 9.96. The maximum atomic E-state index is 12.3. The van der Waals surface area contributed by atoms with Gasteiger partial charge in [0.25, 0.3) is 0 Å². The van der Waals surface area contributed by atoms with Gasteiger partial charge in [-0.3, -0.25) is 4.79 Å². The predicted octanol–water partition coefficient (Wildman–Crippen LogP) is -2.82. The fourth-order valence-electron chi connectivity index (χ4n) is 6.86. The smallest absolute Gasteiger partial charge is 0.220 e. The Hall–Kier alpha value is -1.47. The van der Waals surface area contributed by atoms with Gasteiger partial charge < -0.3 is 89.9 Å². The highest BCUT2D eigenvalue weighted by molar-refractivity contribution is 5.75. The molecule has 19 nitrogen and oxygen atoms in total. The Kier molecular flexibility index (Phi) is 22.0. The Morgan fingerprint density at radius 3 is 1.61 bits per heavy atom. The molecule has 0 aromatic carbocycles. The maximum absolute atomic E-state index is 12.3. The summed E-state index contributed by atoms with van der Waals surface area (Å²) in [6, 6.07) is -0.961. The molecule has 3 aliphatic rings. The number of amides is 1. The summed E-state index contributed by atoms with van der Waals surface area (Å²) in [5, 5.41) is 118. The van der Waals surface area contributed by atoms with Crippen LogP contribution in [0.15, 0.2) is 12.2 Å². The molecule has 0 bridgehead atoms. The van der Waals surface area contributed by atoms with Gasteiger partial charge in [0.2, 0.25) is 5.91 Å². The van der Waals surface area contributed by atoms with Gasteiger partial charge in [0.05, 0.1) is 38.6 Å². The third-order valence-electron chi connectivity index (χ3n) is 10.4. The highest BCUT2D eigenvalue weighted by Gasteiger charge is 2.53. The summed E-state index contributed by atoms with van der Waals surface area (Å²) >= 11 is 0. The number of aliphatic hydroxyl groups is 11. The van der Waals surface area contributed by atoms with Crippen molar-refractivity contribution in [3.63, 3.8) is 0 Å². The Morgan fingerprint density at radius 1 is 0.625 bits per heavy atom. The third kappa shape index (κ3) is 13.8. The molecule has 19 heteroatoms. The van der Waals surface area contributed by atoms with Crippen molar-refractivity contribution in [3.05, 3.63) is 12.2 Å². The average molecular weight is 814 g/mol. The van der Waals surface area contributed by atoms with E-state index in [2.05, 4.69) is 12.2 Å². The van der Waals surface area contributed by atoms with Gasteiger partial charge in [0.1, 0.15) is 73.2 Å². The molecule has 0 aliphatic carbocycles. The van der Waals surface area contributed by atoms with Crippen LogP contribution in [0.2, 0.25) is 0 Å². The van der Waals surface area contributed by atoms with E-state index in [4.69, 9.17) is 28.4 Å². The summed E-state index contributed by atoms with van der Waals surface area (Å²) in [4.78, 5) is 12.3. The summed E-state index contributed by atoms with van der Waals surface area (Å²) < 4.78 is 33.5. The molecular weight excluding hydrogens is 746 g/mol. The molecule has 56 heavy (non-hydrogen) atoms. The van der Waals surface area contributed by atoms with Crippen LogP contribution >= 0.6 is 0 Å². The molecule has 0 aromatic heterocycles. The van der Waals surface area contributed by atoms with Gasteiger partial charge >= 0.3 is 0 Å². The number of carbonyl (C=O) groups excluding carboxylic acids is 1. The Balaban J connectivity index is 1.57. The number of rotatable bonds is 24. The van der Waals surface area contributed by atoms with Crippen LogP contribution in [-0.2, 0) is 33.2 Å². The standard InChI is InChI=1S/C37H67NO18/c1-3-5-6-7-8-9-10-11-12-13-14-15-21(42)20(38-25(43)4-2)19-51-35-31(49)28(46)33(23(17-40)53-35)56-37-32(50)29(47)34(24(18-41)54-37)55-36-30(48)27(45)26(44)22(16-39)52-36/h14-15,20-24,26-37,39-42,44-50H,3-13,16-19H2,1-2H3,(H,38,43)/b15-14+. The molecule has 3 fully saturated rings. The highest BCUT2D eigenvalue weighted by atomic mass is 16.8. The number of unbranched alkanes of at least 4 members (excludes halogenated alkanes) is 9. The van der Waals surface area contributed by atoms with E-state index in [1.165, 1.54) is 38.5 Å². The van der Waals surface area contributed by atoms with Gasteiger partial charge in [0.15, 0.2) is 18.9 Å². The van der Waals surface area contributed by atoms with Crippen LogP contribution in [-0.4, -0.2) is 193 Å². The number of aliphatic hydroxyl groups excluding tert-OH is 11. The van der Waals surface area contributed by atoms with E-state index in [1.54, 1.807) is 13.0 Å². The zero-order valence-corrected chi connectivity index (χ0v) is 32.4. The first-order chi connectivity index (χ1) is 26.8. The first kappa shape index (κ1) is 48.9. The monoisotopic (exact) mass is 813 g/mol. The Bertz CT molecular complexity index is 1120. The van der Waals surface area contributed by atoms with Gasteiger partial charge in [-0.05, 0) is 12.8 Å². The number of nitrogens with one attached hydrogen (secondary N) is 1. The maximum Gasteiger partial charge on any atom is 0.220 e. The lowest BCUT2D eigenvalue weighted by Crippen LogP contribution is -2.66. The Morgan fingerprint density at radius 2 is 1.09 bits per heavy atom. The van der Waals surface area contributed by atoms with E-state index in [0.717, 1.165) is 25.7 Å². The normalized spacial score (nSPS) is 37.8. The van der Waals surface area contributed by atoms with Crippen LogP contribution in [0, 0.1) is 0 Å². The molecule has 0 spiro atoms. The number of hydrogen-bond acceptors (Lipinski definition) is 18. The molecule has 3 aliphatic heterocycles. The molecule has 17 atom stereocenters. The van der Waals surface area contributed by atoms with E-state index < -0.39 is 124 Å². The van der Waals surface area contributed by atoms with Gasteiger partial charge in [0, 0.05) is 6.42 Å². The quantitative estimate of drug-likeness (QED) is 0.0346. The molecule has 0 radical (unpaired) electrons. The summed E-state index contributed by atoms with van der Waals surface area (Å²) in [5.41, 5.74) is 0. The first-order valence-corrected chi connectivity index (χ1v) is 19.9. The average Bonchev–Trinajstić information content (AvgIpc) is 3.20. The predicted molar refractivity (Wildman–Crippen MR) is 194 cm³/mol. The van der Waals surface area contributed by atoms with Crippen molar-refractivity contribution in [3.8, 4) is 0 Å². The molecule has 0 aromatic rings. The number of ether oxygens (including phenoxy) is 6. The molecule has 3 saturated heterocycles. The van der Waals surface area contributed by atoms with Crippen LogP contribution in [0.5, 0.6) is 0 Å². The van der Waals surface area contributed by atoms with E-state index >= 15 is 0 Å². The largest absolute Gasteiger partial charge is 0.394 e. The van der Waals surface area contributed by atoms with Gasteiger partial charge in [-0.15, -0.1) is 0 Å². The van der Waals surface area contributed by atoms with E-state index in [9.17, 15) is 61.0 Å². The molecule has 3 rings (SSSR count). The van der Waals surface area contributed by atoms with E-state index in [1.807, 2.05) is 6.08 Å². The van der Waals surface area contributed by atoms with Crippen LogP contribution < -0.4 is 5.32 Å². The molecule has 328 valence electrons. The molecule has 17 unspecified atom stereocenters. The van der Waals surface area contributed by atoms with Gasteiger partial charge in [-0.2, -0.15) is 0 Å². The van der Waals surface area contributed by atoms with Crippen molar-refractivity contribution in [2.24, 2.45) is 0 Å². The summed E-state index contributed by atoms with van der Waals surface area (Å²) in [7, 11) is 0. The van der Waals surface area contributed by atoms with Crippen molar-refractivity contribution >= 4 is 5.91 Å². The van der Waals surface area contributed by atoms with E-state index in [-0.39, 0.29) is 18.9 Å². The van der Waals surface area contributed by atoms with Crippen molar-refractivity contribution in [1.82, 2.24) is 5.32 Å². The molecular formula is C37H67NO18. The van der Waals surface area contributed by atoms with E-state index in [0.29, 0.717) is 0 Å². The fourth-order valence-corrected chi connectivity index (χ4v) is 6.86. The lowest BCUT2D eigenvalue weighted by Gasteiger charge is -2.48. The molecule has 1 amide bonds. The number of carbonyl (C=O) groups is 1. The van der Waals surface area contributed by atoms with Crippen LogP contribution in [0.4, 0.5) is 0 Å². The van der Waals surface area contributed by atoms with Crippen molar-refractivity contribution in [2.75, 3.05) is 26.4 Å². The molecule has 0 saturated carbocycles. The van der Waals surface area contributed by atoms with Crippen LogP contribution in [0.3, 0.4) is 0 Å². The zero-order valence-electron chi connectivity index (χ0n) is 32.4. The minimum atomic E-state index is -1.97. The lowest BCUT2D eigenvalue weighted by molar-refractivity contribution is -0.379. The van der Waals surface area contributed by atoms with Crippen molar-refractivity contribution in [2.45, 2.75) is 189 Å². The fraction of sp³-hybridized carbons (Fsp3) is 0.919. The second kappa shape index (κ2) is 25.2. The SMILES string of the molecule is CCCCCCCCCCC/C=C/C(O)C(COC1OC(CO)C(OC2OC(CO)C(OC3OC(CO)C(O)C(O)C3O)C(O)C2O)C(O)C1O)NC(=O)CC. The van der Waals surface area contributed by atoms with Crippen molar-refractivity contribution < 1.29 is 89.4 Å². The minimum Gasteiger partial charge on any atom is -0.394 e. The summed E-state index contributed by atoms with van der Waals surface area (Å²) in [6.45, 7) is 1.05. The molecule has 3 heterocycles. The zero-order chi connectivity index (χ0) is 41.4. The number of hydrogen-bond donors (Lipinski definition) is 12. The number of allylic oxidation sites excluding steroid dienone is 1. The second-order valence-electron chi connectivity index (χ2n) is 14.7. The second-order valence-corrected chi connectivity index (χ2v) is 14.7. The van der Waals surface area contributed by atoms with Crippen LogP contribution in [0.25, 0.3) is 0 Å². The summed E-state index contributed by atoms with van der Waals surface area (Å²) in [6.07, 6.45) is -11.8.